The molecule has 5 nitrogen and oxygen atoms in total. The predicted octanol–water partition coefficient (Wildman–Crippen LogP) is 3.99. The van der Waals surface area contributed by atoms with Gasteiger partial charge in [-0.15, -0.1) is 0 Å². The summed E-state index contributed by atoms with van der Waals surface area (Å²) in [5, 5.41) is 18.4. The van der Waals surface area contributed by atoms with Crippen LogP contribution in [0.3, 0.4) is 0 Å². The molecule has 0 aliphatic heterocycles. The Morgan fingerprint density at radius 2 is 1.64 bits per heavy atom. The fourth-order valence-corrected chi connectivity index (χ4v) is 2.67. The Bertz CT molecular complexity index is 738. The summed E-state index contributed by atoms with van der Waals surface area (Å²) in [6.07, 6.45) is -0.0127. The van der Waals surface area contributed by atoms with Crippen LogP contribution >= 0.6 is 0 Å². The third kappa shape index (κ3) is 5.08. The molecular weight excluding hydrogens is 318 g/mol. The summed E-state index contributed by atoms with van der Waals surface area (Å²) >= 11 is 0. The molecule has 2 rings (SSSR count). The Hall–Kier alpha value is -2.82. The van der Waals surface area contributed by atoms with E-state index < -0.39 is 11.9 Å². The van der Waals surface area contributed by atoms with E-state index in [1.807, 2.05) is 29.2 Å². The molecule has 2 aromatic rings. The number of hydrogen-bond donors (Lipinski definition) is 2. The number of aliphatic carboxylic acids is 1. The Morgan fingerprint density at radius 1 is 1.00 bits per heavy atom. The molecule has 0 fully saturated rings. The zero-order valence-electron chi connectivity index (χ0n) is 14.5. The molecule has 0 radical (unpaired) electrons. The first-order chi connectivity index (χ1) is 11.9. The number of rotatable bonds is 8. The number of hydrogen-bond acceptors (Lipinski definition) is 3. The predicted molar refractivity (Wildman–Crippen MR) is 97.2 cm³/mol. The van der Waals surface area contributed by atoms with E-state index in [9.17, 15) is 14.7 Å². The molecular formula is C20H23NO4. The molecule has 0 aliphatic rings. The second kappa shape index (κ2) is 8.33. The van der Waals surface area contributed by atoms with Crippen LogP contribution in [0.15, 0.2) is 48.5 Å². The second-order valence-corrected chi connectivity index (χ2v) is 6.27. The maximum atomic E-state index is 11.4. The second-order valence-electron chi connectivity index (χ2n) is 6.27. The lowest BCUT2D eigenvalue weighted by atomic mass is 10.0. The van der Waals surface area contributed by atoms with E-state index in [1.165, 1.54) is 5.56 Å². The van der Waals surface area contributed by atoms with E-state index in [-0.39, 0.29) is 12.0 Å². The molecule has 132 valence electrons. The standard InChI is InChI=1S/C20H23NO4/c1-14(2)15-7-9-17(10-8-15)21(12-11-19(22)23)13-16-5-3-4-6-18(16)20(24)25/h3-10,14H,11-13H2,1-2H3,(H,22,23)(H,24,25). The summed E-state index contributed by atoms with van der Waals surface area (Å²) in [6, 6.07) is 14.8. The van der Waals surface area contributed by atoms with Crippen molar-refractivity contribution in [3.63, 3.8) is 0 Å². The molecule has 0 aliphatic carbocycles. The lowest BCUT2D eigenvalue weighted by molar-refractivity contribution is -0.136. The van der Waals surface area contributed by atoms with E-state index in [0.717, 1.165) is 5.69 Å². The average molecular weight is 341 g/mol. The summed E-state index contributed by atoms with van der Waals surface area (Å²) in [6.45, 7) is 4.88. The normalized spacial score (nSPS) is 10.7. The number of benzene rings is 2. The van der Waals surface area contributed by atoms with Gasteiger partial charge in [-0.05, 0) is 35.2 Å². The summed E-state index contributed by atoms with van der Waals surface area (Å²) in [5.74, 6) is -1.45. The summed E-state index contributed by atoms with van der Waals surface area (Å²) < 4.78 is 0. The zero-order chi connectivity index (χ0) is 18.4. The van der Waals surface area contributed by atoms with E-state index in [4.69, 9.17) is 5.11 Å². The van der Waals surface area contributed by atoms with Crippen molar-refractivity contribution in [2.45, 2.75) is 32.7 Å². The minimum absolute atomic E-state index is 0.0127. The smallest absolute Gasteiger partial charge is 0.336 e. The number of carbonyl (C=O) groups is 2. The number of carboxylic acid groups (broad SMARTS) is 2. The van der Waals surface area contributed by atoms with Gasteiger partial charge in [-0.3, -0.25) is 4.79 Å². The highest BCUT2D eigenvalue weighted by Crippen LogP contribution is 2.23. The largest absolute Gasteiger partial charge is 0.481 e. The van der Waals surface area contributed by atoms with Crippen molar-refractivity contribution < 1.29 is 19.8 Å². The van der Waals surface area contributed by atoms with E-state index >= 15 is 0 Å². The monoisotopic (exact) mass is 341 g/mol. The molecule has 25 heavy (non-hydrogen) atoms. The number of carboxylic acids is 2. The van der Waals surface area contributed by atoms with Crippen molar-refractivity contribution in [3.8, 4) is 0 Å². The molecule has 0 spiro atoms. The third-order valence-corrected chi connectivity index (χ3v) is 4.13. The number of aromatic carboxylic acids is 1. The van der Waals surface area contributed by atoms with Crippen molar-refractivity contribution in [1.82, 2.24) is 0 Å². The van der Waals surface area contributed by atoms with Crippen LogP contribution in [0.5, 0.6) is 0 Å². The summed E-state index contributed by atoms with van der Waals surface area (Å²) in [7, 11) is 0. The lowest BCUT2D eigenvalue weighted by Gasteiger charge is -2.25. The van der Waals surface area contributed by atoms with Crippen LogP contribution in [-0.2, 0) is 11.3 Å². The van der Waals surface area contributed by atoms with Gasteiger partial charge < -0.3 is 15.1 Å². The van der Waals surface area contributed by atoms with E-state index in [2.05, 4.69) is 13.8 Å². The maximum Gasteiger partial charge on any atom is 0.336 e. The van der Waals surface area contributed by atoms with Gasteiger partial charge in [0.15, 0.2) is 0 Å². The highest BCUT2D eigenvalue weighted by Gasteiger charge is 2.15. The van der Waals surface area contributed by atoms with Crippen LogP contribution in [-0.4, -0.2) is 28.7 Å². The molecule has 0 aromatic heterocycles. The first-order valence-electron chi connectivity index (χ1n) is 8.26. The van der Waals surface area contributed by atoms with Gasteiger partial charge in [0.1, 0.15) is 0 Å². The molecule has 0 heterocycles. The minimum atomic E-state index is -0.982. The lowest BCUT2D eigenvalue weighted by Crippen LogP contribution is -2.26. The van der Waals surface area contributed by atoms with E-state index in [1.54, 1.807) is 24.3 Å². The van der Waals surface area contributed by atoms with Crippen LogP contribution in [0.2, 0.25) is 0 Å². The van der Waals surface area contributed by atoms with Crippen LogP contribution in [0.4, 0.5) is 5.69 Å². The molecule has 0 atom stereocenters. The van der Waals surface area contributed by atoms with Gasteiger partial charge in [-0.25, -0.2) is 4.79 Å². The van der Waals surface area contributed by atoms with Crippen LogP contribution in [0.25, 0.3) is 0 Å². The van der Waals surface area contributed by atoms with Crippen LogP contribution in [0, 0.1) is 0 Å². The first kappa shape index (κ1) is 18.5. The third-order valence-electron chi connectivity index (χ3n) is 4.13. The Kier molecular flexibility index (Phi) is 6.17. The van der Waals surface area contributed by atoms with Gasteiger partial charge in [-0.1, -0.05) is 44.2 Å². The van der Waals surface area contributed by atoms with Gasteiger partial charge in [-0.2, -0.15) is 0 Å². The van der Waals surface area contributed by atoms with Crippen molar-refractivity contribution in [1.29, 1.82) is 0 Å². The van der Waals surface area contributed by atoms with Gasteiger partial charge in [0.2, 0.25) is 0 Å². The SMILES string of the molecule is CC(C)c1ccc(N(CCC(=O)O)Cc2ccccc2C(=O)O)cc1. The Balaban J connectivity index is 2.30. The van der Waals surface area contributed by atoms with Gasteiger partial charge in [0, 0.05) is 18.8 Å². The molecule has 0 amide bonds. The van der Waals surface area contributed by atoms with E-state index in [0.29, 0.717) is 24.6 Å². The van der Waals surface area contributed by atoms with Crippen LogP contribution in [0.1, 0.15) is 47.7 Å². The van der Waals surface area contributed by atoms with Crippen molar-refractivity contribution in [2.75, 3.05) is 11.4 Å². The highest BCUT2D eigenvalue weighted by atomic mass is 16.4. The van der Waals surface area contributed by atoms with Crippen molar-refractivity contribution >= 4 is 17.6 Å². The molecule has 0 bridgehead atoms. The maximum absolute atomic E-state index is 11.4. The van der Waals surface area contributed by atoms with Gasteiger partial charge in [0.25, 0.3) is 0 Å². The molecule has 2 aromatic carbocycles. The molecule has 2 N–H and O–H groups in total. The van der Waals surface area contributed by atoms with Crippen LogP contribution < -0.4 is 4.90 Å². The van der Waals surface area contributed by atoms with Gasteiger partial charge in [0.05, 0.1) is 12.0 Å². The Labute approximate surface area is 147 Å². The first-order valence-corrected chi connectivity index (χ1v) is 8.26. The molecule has 0 saturated carbocycles. The number of anilines is 1. The molecule has 5 heteroatoms. The summed E-state index contributed by atoms with van der Waals surface area (Å²) in [5.41, 5.74) is 2.98. The van der Waals surface area contributed by atoms with Crippen molar-refractivity contribution in [3.05, 3.63) is 65.2 Å². The highest BCUT2D eigenvalue weighted by molar-refractivity contribution is 5.89. The summed E-state index contributed by atoms with van der Waals surface area (Å²) in [4.78, 5) is 24.3. The fourth-order valence-electron chi connectivity index (χ4n) is 2.67. The fraction of sp³-hybridized carbons (Fsp3) is 0.300. The Morgan fingerprint density at radius 3 is 2.20 bits per heavy atom. The van der Waals surface area contributed by atoms with Gasteiger partial charge >= 0.3 is 11.9 Å². The quantitative estimate of drug-likeness (QED) is 0.759. The molecule has 0 saturated heterocycles. The number of nitrogens with zero attached hydrogens (tertiary/aromatic N) is 1. The zero-order valence-corrected chi connectivity index (χ0v) is 14.5. The minimum Gasteiger partial charge on any atom is -0.481 e. The average Bonchev–Trinajstić information content (AvgIpc) is 2.58. The molecule has 0 unspecified atom stereocenters. The van der Waals surface area contributed by atoms with Crippen molar-refractivity contribution in [2.24, 2.45) is 0 Å². The topological polar surface area (TPSA) is 77.8 Å².